The number of primary amides is 1. The van der Waals surface area contributed by atoms with E-state index in [1.54, 1.807) is 0 Å². The van der Waals surface area contributed by atoms with Crippen LogP contribution < -0.4 is 11.1 Å². The van der Waals surface area contributed by atoms with Crippen molar-refractivity contribution in [1.82, 2.24) is 5.32 Å². The lowest BCUT2D eigenvalue weighted by Crippen LogP contribution is -2.57. The van der Waals surface area contributed by atoms with Crippen molar-refractivity contribution in [2.45, 2.75) is 45.2 Å². The van der Waals surface area contributed by atoms with Crippen LogP contribution in [0.2, 0.25) is 0 Å². The Balaban J connectivity index is 2.11. The molecule has 4 heteroatoms. The van der Waals surface area contributed by atoms with E-state index < -0.39 is 0 Å². The molecule has 2 aliphatic rings. The zero-order chi connectivity index (χ0) is 12.4. The molecule has 0 aliphatic carbocycles. The Labute approximate surface area is 103 Å². The Kier molecular flexibility index (Phi) is 4.05. The van der Waals surface area contributed by atoms with Gasteiger partial charge in [-0.15, -0.1) is 0 Å². The molecule has 1 amide bonds. The van der Waals surface area contributed by atoms with E-state index >= 15 is 0 Å². The van der Waals surface area contributed by atoms with Crippen LogP contribution in [-0.2, 0) is 9.53 Å². The highest BCUT2D eigenvalue weighted by molar-refractivity contribution is 5.78. The monoisotopic (exact) mass is 240 g/mol. The Morgan fingerprint density at radius 3 is 2.53 bits per heavy atom. The van der Waals surface area contributed by atoms with Crippen LogP contribution in [0.15, 0.2) is 0 Å². The molecular weight excluding hydrogens is 216 g/mol. The lowest BCUT2D eigenvalue weighted by atomic mass is 9.72. The number of ether oxygens (including phenoxy) is 1. The molecule has 2 fully saturated rings. The quantitative estimate of drug-likeness (QED) is 0.754. The lowest BCUT2D eigenvalue weighted by Gasteiger charge is -2.44. The number of piperidine rings is 1. The Morgan fingerprint density at radius 1 is 1.29 bits per heavy atom. The van der Waals surface area contributed by atoms with Crippen LogP contribution in [0.1, 0.15) is 33.1 Å². The van der Waals surface area contributed by atoms with E-state index in [2.05, 4.69) is 19.2 Å². The van der Waals surface area contributed by atoms with E-state index in [-0.39, 0.29) is 17.9 Å². The van der Waals surface area contributed by atoms with Crippen molar-refractivity contribution in [3.63, 3.8) is 0 Å². The van der Waals surface area contributed by atoms with Crippen LogP contribution >= 0.6 is 0 Å². The molecule has 0 aromatic rings. The first-order valence-corrected chi connectivity index (χ1v) is 6.72. The normalized spacial score (nSPS) is 40.1. The zero-order valence-corrected chi connectivity index (χ0v) is 10.8. The van der Waals surface area contributed by atoms with Crippen molar-refractivity contribution >= 4 is 5.91 Å². The molecule has 0 spiro atoms. The second-order valence-corrected chi connectivity index (χ2v) is 5.68. The molecule has 4 unspecified atom stereocenters. The summed E-state index contributed by atoms with van der Waals surface area (Å²) in [5.74, 6) is 0.755. The Bertz CT molecular complexity index is 277. The molecular formula is C13H24N2O2. The number of nitrogens with two attached hydrogens (primary N) is 1. The number of rotatable bonds is 2. The summed E-state index contributed by atoms with van der Waals surface area (Å²) in [6.45, 7) is 5.98. The van der Waals surface area contributed by atoms with Crippen LogP contribution in [0.5, 0.6) is 0 Å². The highest BCUT2D eigenvalue weighted by Gasteiger charge is 2.41. The smallest absolute Gasteiger partial charge is 0.222 e. The number of nitrogens with one attached hydrogen (secondary N) is 1. The van der Waals surface area contributed by atoms with Gasteiger partial charge in [-0.2, -0.15) is 0 Å². The summed E-state index contributed by atoms with van der Waals surface area (Å²) in [4.78, 5) is 11.7. The summed E-state index contributed by atoms with van der Waals surface area (Å²) < 4.78 is 5.40. The molecule has 0 radical (unpaired) electrons. The van der Waals surface area contributed by atoms with Crippen molar-refractivity contribution in [3.8, 4) is 0 Å². The Morgan fingerprint density at radius 2 is 1.94 bits per heavy atom. The van der Waals surface area contributed by atoms with Crippen molar-refractivity contribution in [2.75, 3.05) is 13.2 Å². The number of hydrogen-bond acceptors (Lipinski definition) is 3. The maximum absolute atomic E-state index is 11.7. The SMILES string of the molecule is CC1CC(C)C(C(N)=O)C(C2CCOCC2)N1. The van der Waals surface area contributed by atoms with E-state index in [0.29, 0.717) is 17.9 Å². The molecule has 0 saturated carbocycles. The molecule has 17 heavy (non-hydrogen) atoms. The van der Waals surface area contributed by atoms with Crippen molar-refractivity contribution in [3.05, 3.63) is 0 Å². The number of carbonyl (C=O) groups excluding carboxylic acids is 1. The third-order valence-corrected chi connectivity index (χ3v) is 4.30. The fourth-order valence-corrected chi connectivity index (χ4v) is 3.52. The largest absolute Gasteiger partial charge is 0.381 e. The fourth-order valence-electron chi connectivity index (χ4n) is 3.52. The van der Waals surface area contributed by atoms with Crippen LogP contribution in [0.3, 0.4) is 0 Å². The van der Waals surface area contributed by atoms with Gasteiger partial charge in [0.05, 0.1) is 5.92 Å². The van der Waals surface area contributed by atoms with Gasteiger partial charge in [0.15, 0.2) is 0 Å². The predicted octanol–water partition coefficient (Wildman–Crippen LogP) is 0.901. The van der Waals surface area contributed by atoms with Gasteiger partial charge in [-0.25, -0.2) is 0 Å². The maximum atomic E-state index is 11.7. The second kappa shape index (κ2) is 5.36. The summed E-state index contributed by atoms with van der Waals surface area (Å²) in [7, 11) is 0. The molecule has 2 rings (SSSR count). The molecule has 4 atom stereocenters. The van der Waals surface area contributed by atoms with Gasteiger partial charge in [0.2, 0.25) is 5.91 Å². The summed E-state index contributed by atoms with van der Waals surface area (Å²) in [5.41, 5.74) is 5.59. The van der Waals surface area contributed by atoms with Gasteiger partial charge in [-0.1, -0.05) is 6.92 Å². The van der Waals surface area contributed by atoms with Gasteiger partial charge < -0.3 is 15.8 Å². The molecule has 98 valence electrons. The van der Waals surface area contributed by atoms with Gasteiger partial charge >= 0.3 is 0 Å². The van der Waals surface area contributed by atoms with Crippen LogP contribution in [-0.4, -0.2) is 31.2 Å². The zero-order valence-electron chi connectivity index (χ0n) is 10.8. The molecule has 4 nitrogen and oxygen atoms in total. The Hall–Kier alpha value is -0.610. The van der Waals surface area contributed by atoms with Crippen molar-refractivity contribution in [1.29, 1.82) is 0 Å². The number of amides is 1. The molecule has 0 aromatic carbocycles. The summed E-state index contributed by atoms with van der Waals surface area (Å²) in [6.07, 6.45) is 3.12. The minimum absolute atomic E-state index is 0.0192. The predicted molar refractivity (Wildman–Crippen MR) is 66.4 cm³/mol. The first-order chi connectivity index (χ1) is 8.09. The van der Waals surface area contributed by atoms with E-state index in [4.69, 9.17) is 10.5 Å². The average Bonchev–Trinajstić information content (AvgIpc) is 2.28. The minimum atomic E-state index is -0.145. The highest BCUT2D eigenvalue weighted by Crippen LogP contribution is 2.33. The first-order valence-electron chi connectivity index (χ1n) is 6.72. The maximum Gasteiger partial charge on any atom is 0.222 e. The second-order valence-electron chi connectivity index (χ2n) is 5.68. The average molecular weight is 240 g/mol. The summed E-state index contributed by atoms with van der Waals surface area (Å²) >= 11 is 0. The van der Waals surface area contributed by atoms with Crippen molar-refractivity contribution in [2.24, 2.45) is 23.5 Å². The van der Waals surface area contributed by atoms with E-state index in [1.807, 2.05) is 0 Å². The highest BCUT2D eigenvalue weighted by atomic mass is 16.5. The summed E-state index contributed by atoms with van der Waals surface area (Å²) in [6, 6.07) is 0.726. The van der Waals surface area contributed by atoms with Gasteiger partial charge in [0, 0.05) is 25.3 Å². The van der Waals surface area contributed by atoms with Crippen LogP contribution in [0, 0.1) is 17.8 Å². The fraction of sp³-hybridized carbons (Fsp3) is 0.923. The standard InChI is InChI=1S/C13H24N2O2/c1-8-7-9(2)15-12(11(8)13(14)16)10-3-5-17-6-4-10/h8-12,15H,3-7H2,1-2H3,(H2,14,16). The van der Waals surface area contributed by atoms with E-state index in [0.717, 1.165) is 32.5 Å². The molecule has 0 bridgehead atoms. The van der Waals surface area contributed by atoms with Gasteiger partial charge in [-0.3, -0.25) is 4.79 Å². The van der Waals surface area contributed by atoms with Crippen LogP contribution in [0.25, 0.3) is 0 Å². The van der Waals surface area contributed by atoms with Gasteiger partial charge in [0.1, 0.15) is 0 Å². The molecule has 3 N–H and O–H groups in total. The minimum Gasteiger partial charge on any atom is -0.381 e. The van der Waals surface area contributed by atoms with Crippen molar-refractivity contribution < 1.29 is 9.53 Å². The molecule has 2 heterocycles. The topological polar surface area (TPSA) is 64.4 Å². The third kappa shape index (κ3) is 2.80. The lowest BCUT2D eigenvalue weighted by molar-refractivity contribution is -0.127. The molecule has 0 aromatic heterocycles. The van der Waals surface area contributed by atoms with E-state index in [1.165, 1.54) is 0 Å². The third-order valence-electron chi connectivity index (χ3n) is 4.30. The molecule has 2 saturated heterocycles. The molecule has 2 aliphatic heterocycles. The van der Waals surface area contributed by atoms with Gasteiger partial charge in [0.25, 0.3) is 0 Å². The number of carbonyl (C=O) groups is 1. The summed E-state index contributed by atoms with van der Waals surface area (Å²) in [5, 5.41) is 3.59. The first kappa shape index (κ1) is 12.8. The van der Waals surface area contributed by atoms with E-state index in [9.17, 15) is 4.79 Å². The van der Waals surface area contributed by atoms with Crippen LogP contribution in [0.4, 0.5) is 0 Å². The number of hydrogen-bond donors (Lipinski definition) is 2. The van der Waals surface area contributed by atoms with Gasteiger partial charge in [-0.05, 0) is 38.0 Å².